The lowest BCUT2D eigenvalue weighted by atomic mass is 10.2. The predicted molar refractivity (Wildman–Crippen MR) is 73.6 cm³/mol. The molecule has 2 rings (SSSR count). The molecular formula is C15H29NO2. The highest BCUT2D eigenvalue weighted by Gasteiger charge is 2.29. The number of unbranched alkanes of at least 4 members (excludes halogenated alkanes) is 1. The zero-order chi connectivity index (χ0) is 12.8. The van der Waals surface area contributed by atoms with E-state index in [1.165, 1.54) is 38.8 Å². The Kier molecular flexibility index (Phi) is 5.93. The number of hydrogen-bond donors (Lipinski definition) is 1. The molecule has 3 heteroatoms. The van der Waals surface area contributed by atoms with Crippen LogP contribution in [0.5, 0.6) is 0 Å². The van der Waals surface area contributed by atoms with Crippen LogP contribution in [0, 0.1) is 11.8 Å². The van der Waals surface area contributed by atoms with Gasteiger partial charge < -0.3 is 14.7 Å². The van der Waals surface area contributed by atoms with Gasteiger partial charge in [-0.15, -0.1) is 0 Å². The lowest BCUT2D eigenvalue weighted by Gasteiger charge is -2.25. The predicted octanol–water partition coefficient (Wildman–Crippen LogP) is 2.29. The molecule has 2 aliphatic carbocycles. The third-order valence-corrected chi connectivity index (χ3v) is 3.85. The highest BCUT2D eigenvalue weighted by atomic mass is 16.5. The van der Waals surface area contributed by atoms with Crippen LogP contribution in [-0.4, -0.2) is 49.0 Å². The van der Waals surface area contributed by atoms with E-state index < -0.39 is 0 Å². The number of ether oxygens (including phenoxy) is 1. The molecule has 0 saturated heterocycles. The van der Waals surface area contributed by atoms with E-state index in [0.717, 1.165) is 37.8 Å². The van der Waals surface area contributed by atoms with Crippen molar-refractivity contribution >= 4 is 0 Å². The second kappa shape index (κ2) is 7.46. The summed E-state index contributed by atoms with van der Waals surface area (Å²) in [5.41, 5.74) is 0. The van der Waals surface area contributed by atoms with Crippen LogP contribution >= 0.6 is 0 Å². The fourth-order valence-electron chi connectivity index (χ4n) is 2.37. The van der Waals surface area contributed by atoms with Crippen LogP contribution in [0.3, 0.4) is 0 Å². The van der Waals surface area contributed by atoms with Crippen molar-refractivity contribution < 1.29 is 9.84 Å². The van der Waals surface area contributed by atoms with E-state index in [9.17, 15) is 5.11 Å². The van der Waals surface area contributed by atoms with Gasteiger partial charge in [0.1, 0.15) is 0 Å². The van der Waals surface area contributed by atoms with E-state index in [-0.39, 0.29) is 6.10 Å². The molecule has 2 fully saturated rings. The Bertz CT molecular complexity index is 213. The number of aliphatic hydroxyl groups excluding tert-OH is 1. The van der Waals surface area contributed by atoms with Crippen molar-refractivity contribution in [3.8, 4) is 0 Å². The number of hydrogen-bond acceptors (Lipinski definition) is 3. The van der Waals surface area contributed by atoms with Gasteiger partial charge in [0.2, 0.25) is 0 Å². The Morgan fingerprint density at radius 2 is 1.78 bits per heavy atom. The fraction of sp³-hybridized carbons (Fsp3) is 1.00. The number of nitrogens with zero attached hydrogens (tertiary/aromatic N) is 1. The maximum absolute atomic E-state index is 10.0. The van der Waals surface area contributed by atoms with E-state index >= 15 is 0 Å². The van der Waals surface area contributed by atoms with E-state index in [4.69, 9.17) is 4.74 Å². The van der Waals surface area contributed by atoms with E-state index in [1.54, 1.807) is 0 Å². The Balaban J connectivity index is 1.59. The first kappa shape index (κ1) is 14.3. The molecule has 0 radical (unpaired) electrons. The summed E-state index contributed by atoms with van der Waals surface area (Å²) in [5.74, 6) is 1.83. The maximum atomic E-state index is 10.0. The van der Waals surface area contributed by atoms with Crippen LogP contribution in [-0.2, 0) is 4.74 Å². The van der Waals surface area contributed by atoms with E-state index in [2.05, 4.69) is 11.8 Å². The van der Waals surface area contributed by atoms with Crippen molar-refractivity contribution in [3.05, 3.63) is 0 Å². The summed E-state index contributed by atoms with van der Waals surface area (Å²) >= 11 is 0. The van der Waals surface area contributed by atoms with Gasteiger partial charge in [-0.3, -0.25) is 0 Å². The molecule has 2 aliphatic rings. The topological polar surface area (TPSA) is 32.7 Å². The quantitative estimate of drug-likeness (QED) is 0.575. The Labute approximate surface area is 112 Å². The summed E-state index contributed by atoms with van der Waals surface area (Å²) in [6, 6.07) is 0. The van der Waals surface area contributed by atoms with Gasteiger partial charge in [0, 0.05) is 26.2 Å². The second-order valence-electron chi connectivity index (χ2n) is 6.19. The Hall–Kier alpha value is -0.120. The monoisotopic (exact) mass is 255 g/mol. The van der Waals surface area contributed by atoms with E-state index in [1.807, 2.05) is 0 Å². The molecule has 1 atom stereocenters. The standard InChI is InChI=1S/C15H29NO2/c1-2-3-8-18-12-15(17)11-16(9-13-4-5-13)10-14-6-7-14/h13-15,17H,2-12H2,1H3. The van der Waals surface area contributed by atoms with Crippen LogP contribution in [0.4, 0.5) is 0 Å². The van der Waals surface area contributed by atoms with Crippen molar-refractivity contribution in [1.82, 2.24) is 4.90 Å². The van der Waals surface area contributed by atoms with Gasteiger partial charge in [-0.05, 0) is 43.9 Å². The average Bonchev–Trinajstić information content (AvgIpc) is 3.20. The molecule has 0 aliphatic heterocycles. The Morgan fingerprint density at radius 1 is 1.17 bits per heavy atom. The molecule has 18 heavy (non-hydrogen) atoms. The van der Waals surface area contributed by atoms with Crippen molar-refractivity contribution in [3.63, 3.8) is 0 Å². The van der Waals surface area contributed by atoms with E-state index in [0.29, 0.717) is 6.61 Å². The first-order chi connectivity index (χ1) is 8.78. The smallest absolute Gasteiger partial charge is 0.0900 e. The third-order valence-electron chi connectivity index (χ3n) is 3.85. The minimum Gasteiger partial charge on any atom is -0.389 e. The van der Waals surface area contributed by atoms with Crippen molar-refractivity contribution in [1.29, 1.82) is 0 Å². The largest absolute Gasteiger partial charge is 0.389 e. The molecular weight excluding hydrogens is 226 g/mol. The number of rotatable bonds is 11. The molecule has 3 nitrogen and oxygen atoms in total. The van der Waals surface area contributed by atoms with Gasteiger partial charge in [0.15, 0.2) is 0 Å². The third kappa shape index (κ3) is 6.17. The summed E-state index contributed by atoms with van der Waals surface area (Å²) in [4.78, 5) is 2.48. The minimum absolute atomic E-state index is 0.306. The lowest BCUT2D eigenvalue weighted by Crippen LogP contribution is -2.37. The molecule has 0 spiro atoms. The summed E-state index contributed by atoms with van der Waals surface area (Å²) in [7, 11) is 0. The molecule has 0 bridgehead atoms. The molecule has 1 unspecified atom stereocenters. The summed E-state index contributed by atoms with van der Waals surface area (Å²) in [6.07, 6.45) is 7.52. The first-order valence-corrected chi connectivity index (χ1v) is 7.76. The normalized spacial score (nSPS) is 21.5. The SMILES string of the molecule is CCCCOCC(O)CN(CC1CC1)CC1CC1. The van der Waals surface area contributed by atoms with Gasteiger partial charge in [-0.1, -0.05) is 13.3 Å². The molecule has 0 aromatic heterocycles. The number of aliphatic hydroxyl groups is 1. The highest BCUT2D eigenvalue weighted by Crippen LogP contribution is 2.33. The maximum Gasteiger partial charge on any atom is 0.0900 e. The van der Waals surface area contributed by atoms with Crippen LogP contribution in [0.25, 0.3) is 0 Å². The highest BCUT2D eigenvalue weighted by molar-refractivity contribution is 4.83. The molecule has 0 amide bonds. The van der Waals surface area contributed by atoms with Crippen LogP contribution in [0.1, 0.15) is 45.4 Å². The van der Waals surface area contributed by atoms with Crippen LogP contribution in [0.2, 0.25) is 0 Å². The summed E-state index contributed by atoms with van der Waals surface area (Å²) in [5, 5.41) is 10.0. The molecule has 1 N–H and O–H groups in total. The summed E-state index contributed by atoms with van der Waals surface area (Å²) in [6.45, 7) is 6.65. The van der Waals surface area contributed by atoms with Crippen molar-refractivity contribution in [2.45, 2.75) is 51.6 Å². The first-order valence-electron chi connectivity index (χ1n) is 7.76. The van der Waals surface area contributed by atoms with Gasteiger partial charge in [-0.25, -0.2) is 0 Å². The van der Waals surface area contributed by atoms with Gasteiger partial charge in [-0.2, -0.15) is 0 Å². The zero-order valence-electron chi connectivity index (χ0n) is 11.8. The minimum atomic E-state index is -0.306. The van der Waals surface area contributed by atoms with Crippen molar-refractivity contribution in [2.75, 3.05) is 32.8 Å². The fourth-order valence-corrected chi connectivity index (χ4v) is 2.37. The van der Waals surface area contributed by atoms with Crippen LogP contribution in [0.15, 0.2) is 0 Å². The average molecular weight is 255 g/mol. The molecule has 0 heterocycles. The Morgan fingerprint density at radius 3 is 2.28 bits per heavy atom. The van der Waals surface area contributed by atoms with Crippen LogP contribution < -0.4 is 0 Å². The molecule has 0 aromatic carbocycles. The van der Waals surface area contributed by atoms with Gasteiger partial charge >= 0.3 is 0 Å². The zero-order valence-corrected chi connectivity index (χ0v) is 11.8. The molecule has 0 aromatic rings. The lowest BCUT2D eigenvalue weighted by molar-refractivity contribution is 0.0143. The van der Waals surface area contributed by atoms with Gasteiger partial charge in [0.05, 0.1) is 12.7 Å². The van der Waals surface area contributed by atoms with Gasteiger partial charge in [0.25, 0.3) is 0 Å². The molecule has 106 valence electrons. The molecule has 2 saturated carbocycles. The van der Waals surface area contributed by atoms with Crippen molar-refractivity contribution in [2.24, 2.45) is 11.8 Å². The summed E-state index contributed by atoms with van der Waals surface area (Å²) < 4.78 is 5.50. The second-order valence-corrected chi connectivity index (χ2v) is 6.19.